The third-order valence-corrected chi connectivity index (χ3v) is 2.47. The number of nitrogens with zero attached hydrogens (tertiary/aromatic N) is 3. The molecule has 0 bridgehead atoms. The van der Waals surface area contributed by atoms with E-state index < -0.39 is 0 Å². The second-order valence-electron chi connectivity index (χ2n) is 3.50. The Bertz CT molecular complexity index is 360. The fraction of sp³-hybridized carbons (Fsp3) is 0.500. The molecule has 0 saturated carbocycles. The zero-order valence-corrected chi connectivity index (χ0v) is 9.14. The number of rotatable bonds is 2. The first-order valence-corrected chi connectivity index (χ1v) is 5.19. The molecule has 6 heteroatoms. The highest BCUT2D eigenvalue weighted by molar-refractivity contribution is 5.92. The van der Waals surface area contributed by atoms with Gasteiger partial charge in [-0.25, -0.2) is 0 Å². The number of nitrogens with one attached hydrogen (secondary N) is 1. The average molecular weight is 222 g/mol. The van der Waals surface area contributed by atoms with E-state index >= 15 is 0 Å². The lowest BCUT2D eigenvalue weighted by atomic mass is 10.3. The molecule has 2 heterocycles. The molecule has 0 radical (unpaired) electrons. The monoisotopic (exact) mass is 222 g/mol. The van der Waals surface area contributed by atoms with Crippen molar-refractivity contribution in [2.24, 2.45) is 0 Å². The summed E-state index contributed by atoms with van der Waals surface area (Å²) in [5.74, 6) is 0.341. The van der Waals surface area contributed by atoms with Gasteiger partial charge in [0.25, 0.3) is 5.91 Å². The molecule has 0 spiro atoms. The van der Waals surface area contributed by atoms with Gasteiger partial charge in [0.2, 0.25) is 5.88 Å². The van der Waals surface area contributed by atoms with Gasteiger partial charge in [-0.05, 0) is 6.07 Å². The summed E-state index contributed by atoms with van der Waals surface area (Å²) in [6.45, 7) is 3.09. The van der Waals surface area contributed by atoms with Crippen molar-refractivity contribution in [1.29, 1.82) is 0 Å². The first-order chi connectivity index (χ1) is 7.81. The Hall–Kier alpha value is -1.69. The van der Waals surface area contributed by atoms with Gasteiger partial charge in [-0.3, -0.25) is 4.79 Å². The van der Waals surface area contributed by atoms with E-state index in [9.17, 15) is 4.79 Å². The van der Waals surface area contributed by atoms with Crippen LogP contribution in [0, 0.1) is 0 Å². The van der Waals surface area contributed by atoms with Crippen LogP contribution in [0.25, 0.3) is 0 Å². The number of hydrogen-bond donors (Lipinski definition) is 1. The molecule has 1 fully saturated rings. The highest BCUT2D eigenvalue weighted by Gasteiger charge is 2.19. The highest BCUT2D eigenvalue weighted by Crippen LogP contribution is 2.06. The van der Waals surface area contributed by atoms with E-state index in [1.807, 2.05) is 0 Å². The lowest BCUT2D eigenvalue weighted by molar-refractivity contribution is 0.0728. The normalized spacial score (nSPS) is 15.9. The van der Waals surface area contributed by atoms with Gasteiger partial charge in [0.15, 0.2) is 5.69 Å². The maximum absolute atomic E-state index is 12.0. The predicted molar refractivity (Wildman–Crippen MR) is 57.4 cm³/mol. The topological polar surface area (TPSA) is 67.3 Å². The number of methoxy groups -OCH3 is 1. The van der Waals surface area contributed by atoms with Crippen molar-refractivity contribution in [3.63, 3.8) is 0 Å². The number of ether oxygens (including phenoxy) is 1. The molecular weight excluding hydrogens is 208 g/mol. The Morgan fingerprint density at radius 3 is 2.69 bits per heavy atom. The summed E-state index contributed by atoms with van der Waals surface area (Å²) >= 11 is 0. The molecule has 1 N–H and O–H groups in total. The first kappa shape index (κ1) is 10.8. The van der Waals surface area contributed by atoms with Gasteiger partial charge >= 0.3 is 0 Å². The Labute approximate surface area is 93.6 Å². The Balaban J connectivity index is 2.07. The smallest absolute Gasteiger partial charge is 0.274 e. The van der Waals surface area contributed by atoms with Crippen molar-refractivity contribution in [3.05, 3.63) is 17.8 Å². The summed E-state index contributed by atoms with van der Waals surface area (Å²) in [7, 11) is 1.52. The summed E-state index contributed by atoms with van der Waals surface area (Å²) in [6.07, 6.45) is 0. The zero-order chi connectivity index (χ0) is 11.4. The number of piperazine rings is 1. The van der Waals surface area contributed by atoms with Crippen LogP contribution in [0.3, 0.4) is 0 Å². The second kappa shape index (κ2) is 4.89. The molecule has 2 rings (SSSR count). The van der Waals surface area contributed by atoms with E-state index in [4.69, 9.17) is 4.74 Å². The van der Waals surface area contributed by atoms with E-state index in [1.54, 1.807) is 17.0 Å². The molecule has 6 nitrogen and oxygen atoms in total. The van der Waals surface area contributed by atoms with Gasteiger partial charge in [-0.15, -0.1) is 10.2 Å². The van der Waals surface area contributed by atoms with Crippen molar-refractivity contribution in [2.75, 3.05) is 33.3 Å². The molecule has 1 aliphatic rings. The van der Waals surface area contributed by atoms with Gasteiger partial charge in [0.1, 0.15) is 0 Å². The molecule has 0 aliphatic carbocycles. The van der Waals surface area contributed by atoms with Gasteiger partial charge in [0, 0.05) is 32.2 Å². The number of amides is 1. The van der Waals surface area contributed by atoms with Gasteiger partial charge in [-0.2, -0.15) is 0 Å². The van der Waals surface area contributed by atoms with Crippen LogP contribution in [0.2, 0.25) is 0 Å². The lowest BCUT2D eigenvalue weighted by Crippen LogP contribution is -2.46. The second-order valence-corrected chi connectivity index (χ2v) is 3.50. The van der Waals surface area contributed by atoms with Crippen molar-refractivity contribution < 1.29 is 9.53 Å². The Kier molecular flexibility index (Phi) is 3.31. The summed E-state index contributed by atoms with van der Waals surface area (Å²) in [6, 6.07) is 3.28. The summed E-state index contributed by atoms with van der Waals surface area (Å²) in [5.41, 5.74) is 0.364. The molecule has 1 aromatic heterocycles. The molecule has 0 unspecified atom stereocenters. The van der Waals surface area contributed by atoms with Crippen LogP contribution in [0.4, 0.5) is 0 Å². The third kappa shape index (κ3) is 2.27. The van der Waals surface area contributed by atoms with Gasteiger partial charge in [0.05, 0.1) is 7.11 Å². The summed E-state index contributed by atoms with van der Waals surface area (Å²) in [4.78, 5) is 13.7. The van der Waals surface area contributed by atoms with Crippen LogP contribution < -0.4 is 10.1 Å². The molecule has 1 amide bonds. The van der Waals surface area contributed by atoms with Crippen molar-refractivity contribution in [2.45, 2.75) is 0 Å². The molecule has 16 heavy (non-hydrogen) atoms. The molecule has 86 valence electrons. The SMILES string of the molecule is COc1ccc(C(=O)N2CCNCC2)nn1. The molecule has 1 aliphatic heterocycles. The van der Waals surface area contributed by atoms with E-state index in [-0.39, 0.29) is 5.91 Å². The average Bonchev–Trinajstić information content (AvgIpc) is 2.39. The van der Waals surface area contributed by atoms with Crippen LogP contribution in [0.1, 0.15) is 10.5 Å². The fourth-order valence-corrected chi connectivity index (χ4v) is 1.57. The molecule has 1 saturated heterocycles. The minimum absolute atomic E-state index is 0.0725. The molecule has 0 aromatic carbocycles. The number of carbonyl (C=O) groups is 1. The summed E-state index contributed by atoms with van der Waals surface area (Å²) < 4.78 is 4.89. The van der Waals surface area contributed by atoms with Gasteiger partial charge < -0.3 is 15.0 Å². The molecule has 1 aromatic rings. The lowest BCUT2D eigenvalue weighted by Gasteiger charge is -2.26. The van der Waals surface area contributed by atoms with Crippen LogP contribution in [-0.4, -0.2) is 54.3 Å². The maximum Gasteiger partial charge on any atom is 0.274 e. The fourth-order valence-electron chi connectivity index (χ4n) is 1.57. The quantitative estimate of drug-likeness (QED) is 0.732. The number of aromatic nitrogens is 2. The van der Waals surface area contributed by atoms with Gasteiger partial charge in [-0.1, -0.05) is 0 Å². The summed E-state index contributed by atoms with van der Waals surface area (Å²) in [5, 5.41) is 10.8. The standard InChI is InChI=1S/C10H14N4O2/c1-16-9-3-2-8(12-13-9)10(15)14-6-4-11-5-7-14/h2-3,11H,4-7H2,1H3. The van der Waals surface area contributed by atoms with E-state index in [2.05, 4.69) is 15.5 Å². The van der Waals surface area contributed by atoms with Crippen LogP contribution in [-0.2, 0) is 0 Å². The van der Waals surface area contributed by atoms with Crippen molar-refractivity contribution >= 4 is 5.91 Å². The number of carbonyl (C=O) groups excluding carboxylic acids is 1. The van der Waals surface area contributed by atoms with Crippen LogP contribution in [0.15, 0.2) is 12.1 Å². The third-order valence-electron chi connectivity index (χ3n) is 2.47. The first-order valence-electron chi connectivity index (χ1n) is 5.19. The van der Waals surface area contributed by atoms with Crippen molar-refractivity contribution in [1.82, 2.24) is 20.4 Å². The van der Waals surface area contributed by atoms with E-state index in [1.165, 1.54) is 7.11 Å². The van der Waals surface area contributed by atoms with Crippen molar-refractivity contribution in [3.8, 4) is 5.88 Å². The Morgan fingerprint density at radius 2 is 2.12 bits per heavy atom. The zero-order valence-electron chi connectivity index (χ0n) is 9.14. The predicted octanol–water partition coefficient (Wildman–Crippen LogP) is -0.469. The highest BCUT2D eigenvalue weighted by atomic mass is 16.5. The van der Waals surface area contributed by atoms with E-state index in [0.717, 1.165) is 13.1 Å². The van der Waals surface area contributed by atoms with Crippen LogP contribution >= 0.6 is 0 Å². The Morgan fingerprint density at radius 1 is 1.38 bits per heavy atom. The minimum Gasteiger partial charge on any atom is -0.480 e. The van der Waals surface area contributed by atoms with E-state index in [0.29, 0.717) is 24.7 Å². The maximum atomic E-state index is 12.0. The molecule has 0 atom stereocenters. The molecular formula is C10H14N4O2. The largest absolute Gasteiger partial charge is 0.480 e. The number of hydrogen-bond acceptors (Lipinski definition) is 5. The minimum atomic E-state index is -0.0725. The van der Waals surface area contributed by atoms with Crippen LogP contribution in [0.5, 0.6) is 5.88 Å².